The molecule has 232 valence electrons. The van der Waals surface area contributed by atoms with Gasteiger partial charge in [-0.2, -0.15) is 0 Å². The van der Waals surface area contributed by atoms with Crippen molar-refractivity contribution in [2.45, 2.75) is 77.7 Å². The van der Waals surface area contributed by atoms with Gasteiger partial charge >= 0.3 is 0 Å². The van der Waals surface area contributed by atoms with Gasteiger partial charge in [-0.25, -0.2) is 4.98 Å². The summed E-state index contributed by atoms with van der Waals surface area (Å²) >= 11 is 0. The molecule has 1 aliphatic rings. The lowest BCUT2D eigenvalue weighted by atomic mass is 9.90. The Labute approximate surface area is 258 Å². The molecule has 4 aromatic rings. The van der Waals surface area contributed by atoms with Crippen LogP contribution in [0.15, 0.2) is 79.1 Å². The summed E-state index contributed by atoms with van der Waals surface area (Å²) in [6, 6.07) is 24.0. The number of nitrogens with one attached hydrogen (secondary N) is 2. The number of hydrogen-bond donors (Lipinski definition) is 3. The number of aromatic nitrogens is 2. The van der Waals surface area contributed by atoms with Gasteiger partial charge < -0.3 is 29.8 Å². The summed E-state index contributed by atoms with van der Waals surface area (Å²) in [4.78, 5) is 27.8. The molecule has 0 bridgehead atoms. The van der Waals surface area contributed by atoms with Crippen molar-refractivity contribution in [2.75, 3.05) is 6.54 Å². The van der Waals surface area contributed by atoms with Gasteiger partial charge in [0.05, 0.1) is 42.7 Å². The summed E-state index contributed by atoms with van der Waals surface area (Å²) in [7, 11) is 0. The molecule has 1 aromatic heterocycles. The van der Waals surface area contributed by atoms with E-state index in [4.69, 9.17) is 9.47 Å². The molecule has 5 rings (SSSR count). The minimum Gasteiger partial charge on any atom is -0.392 e. The molecule has 9 heteroatoms. The zero-order valence-corrected chi connectivity index (χ0v) is 25.4. The minimum atomic E-state index is -0.574. The molecule has 0 saturated carbocycles. The Hall–Kier alpha value is -4.05. The van der Waals surface area contributed by atoms with E-state index in [1.807, 2.05) is 73.1 Å². The number of amides is 2. The molecule has 3 aromatic carbocycles. The van der Waals surface area contributed by atoms with Crippen molar-refractivity contribution in [3.8, 4) is 0 Å². The first-order valence-electron chi connectivity index (χ1n) is 15.4. The second-order valence-electron chi connectivity index (χ2n) is 11.5. The van der Waals surface area contributed by atoms with Crippen molar-refractivity contribution in [3.63, 3.8) is 0 Å². The number of benzene rings is 3. The molecule has 0 unspecified atom stereocenters. The zero-order valence-electron chi connectivity index (χ0n) is 25.4. The number of unbranched alkanes of at least 4 members (excludes halogenated alkanes) is 2. The number of fused-ring (bicyclic) bond motifs is 1. The second-order valence-corrected chi connectivity index (χ2v) is 11.5. The first kappa shape index (κ1) is 31.4. The highest BCUT2D eigenvalue weighted by Crippen LogP contribution is 2.42. The molecule has 3 N–H and O–H groups in total. The first-order chi connectivity index (χ1) is 21.4. The Morgan fingerprint density at radius 3 is 2.36 bits per heavy atom. The molecule has 2 amide bonds. The topological polar surface area (TPSA) is 115 Å². The van der Waals surface area contributed by atoms with Gasteiger partial charge in [0, 0.05) is 37.9 Å². The Morgan fingerprint density at radius 2 is 1.61 bits per heavy atom. The standard InChI is InChI=1S/C35H42N4O5/c1-24-32(21-39-23-38-30-8-5-6-9-31(30)39)43-35(44-34(24)28-15-13-27(22-40)14-16-28)29-17-11-26(12-18-29)20-37-33(42)10-4-3-7-19-36-25(2)41/h5-6,8-9,11-18,23-24,32,34-35,40H,3-4,7,10,19-22H2,1-2H3,(H,36,41)(H,37,42)/t24-,32+,34+,35+/m0/s1. The van der Waals surface area contributed by atoms with Gasteiger partial charge in [0.25, 0.3) is 0 Å². The molecule has 1 aliphatic heterocycles. The van der Waals surface area contributed by atoms with E-state index in [0.29, 0.717) is 26.1 Å². The number of hydrogen-bond acceptors (Lipinski definition) is 6. The molecule has 1 fully saturated rings. The average Bonchev–Trinajstić information content (AvgIpc) is 3.45. The normalized spacial score (nSPS) is 20.0. The molecule has 0 radical (unpaired) electrons. The van der Waals surface area contributed by atoms with E-state index in [9.17, 15) is 14.7 Å². The van der Waals surface area contributed by atoms with Crippen LogP contribution in [0.1, 0.15) is 74.2 Å². The van der Waals surface area contributed by atoms with E-state index >= 15 is 0 Å². The number of imidazole rings is 1. The second kappa shape index (κ2) is 15.1. The van der Waals surface area contributed by atoms with Gasteiger partial charge in [0.2, 0.25) is 11.8 Å². The lowest BCUT2D eigenvalue weighted by Gasteiger charge is -2.41. The van der Waals surface area contributed by atoms with E-state index in [-0.39, 0.29) is 36.5 Å². The fourth-order valence-corrected chi connectivity index (χ4v) is 5.61. The number of nitrogens with zero attached hydrogens (tertiary/aromatic N) is 2. The lowest BCUT2D eigenvalue weighted by Crippen LogP contribution is -2.39. The van der Waals surface area contributed by atoms with Crippen LogP contribution in [-0.4, -0.2) is 39.1 Å². The Balaban J connectivity index is 1.23. The number of aliphatic hydroxyl groups excluding tert-OH is 1. The van der Waals surface area contributed by atoms with Crippen LogP contribution in [0, 0.1) is 5.92 Å². The van der Waals surface area contributed by atoms with E-state index in [2.05, 4.69) is 33.2 Å². The molecule has 4 atom stereocenters. The smallest absolute Gasteiger partial charge is 0.220 e. The van der Waals surface area contributed by atoms with Crippen molar-refractivity contribution in [2.24, 2.45) is 5.92 Å². The van der Waals surface area contributed by atoms with Crippen molar-refractivity contribution in [3.05, 3.63) is 101 Å². The van der Waals surface area contributed by atoms with Crippen molar-refractivity contribution in [1.82, 2.24) is 20.2 Å². The maximum absolute atomic E-state index is 12.3. The molecule has 2 heterocycles. The highest BCUT2D eigenvalue weighted by Gasteiger charge is 2.38. The molecule has 0 aliphatic carbocycles. The third kappa shape index (κ3) is 8.11. The van der Waals surface area contributed by atoms with Gasteiger partial charge in [-0.15, -0.1) is 0 Å². The number of carbonyl (C=O) groups excluding carboxylic acids is 2. The minimum absolute atomic E-state index is 0.00381. The number of aliphatic hydroxyl groups is 1. The molecule has 9 nitrogen and oxygen atoms in total. The van der Waals surface area contributed by atoms with Gasteiger partial charge in [0.1, 0.15) is 0 Å². The van der Waals surface area contributed by atoms with Crippen LogP contribution in [-0.2, 0) is 38.8 Å². The Bertz CT molecular complexity index is 1520. The summed E-state index contributed by atoms with van der Waals surface area (Å²) in [5.41, 5.74) is 5.81. The van der Waals surface area contributed by atoms with Gasteiger partial charge in [-0.05, 0) is 41.7 Å². The molecular weight excluding hydrogens is 556 g/mol. The molecule has 0 spiro atoms. The highest BCUT2D eigenvalue weighted by molar-refractivity contribution is 5.76. The van der Waals surface area contributed by atoms with Crippen LogP contribution in [0.2, 0.25) is 0 Å². The fraction of sp³-hybridized carbons (Fsp3) is 0.400. The van der Waals surface area contributed by atoms with Crippen molar-refractivity contribution < 1.29 is 24.2 Å². The van der Waals surface area contributed by atoms with Gasteiger partial charge in [-0.3, -0.25) is 9.59 Å². The van der Waals surface area contributed by atoms with E-state index in [1.165, 1.54) is 6.92 Å². The maximum Gasteiger partial charge on any atom is 0.220 e. The number of carbonyl (C=O) groups is 2. The highest BCUT2D eigenvalue weighted by atomic mass is 16.7. The summed E-state index contributed by atoms with van der Waals surface area (Å²) in [6.07, 6.45) is 3.96. The maximum atomic E-state index is 12.3. The molecule has 1 saturated heterocycles. The average molecular weight is 599 g/mol. The van der Waals surface area contributed by atoms with E-state index in [1.54, 1.807) is 0 Å². The predicted octanol–water partition coefficient (Wildman–Crippen LogP) is 5.33. The molecule has 44 heavy (non-hydrogen) atoms. The number of ether oxygens (including phenoxy) is 2. The van der Waals surface area contributed by atoms with E-state index < -0.39 is 6.29 Å². The summed E-state index contributed by atoms with van der Waals surface area (Å²) < 4.78 is 15.4. The summed E-state index contributed by atoms with van der Waals surface area (Å²) in [6.45, 7) is 5.38. The van der Waals surface area contributed by atoms with E-state index in [0.717, 1.165) is 52.5 Å². The van der Waals surface area contributed by atoms with Gasteiger partial charge in [0.15, 0.2) is 6.29 Å². The monoisotopic (exact) mass is 598 g/mol. The Morgan fingerprint density at radius 1 is 0.886 bits per heavy atom. The SMILES string of the molecule is CC(=O)NCCCCCC(=O)NCc1ccc([C@@H]2O[C@H](Cn3cnc4ccccc43)[C@H](C)[C@H](c3ccc(CO)cc3)O2)cc1. The van der Waals surface area contributed by atoms with Crippen LogP contribution in [0.5, 0.6) is 0 Å². The first-order valence-corrected chi connectivity index (χ1v) is 15.4. The Kier molecular flexibility index (Phi) is 10.8. The van der Waals surface area contributed by atoms with Crippen LogP contribution in [0.3, 0.4) is 0 Å². The number of rotatable bonds is 13. The van der Waals surface area contributed by atoms with Crippen molar-refractivity contribution >= 4 is 22.8 Å². The quantitative estimate of drug-likeness (QED) is 0.179. The summed E-state index contributed by atoms with van der Waals surface area (Å²) in [5, 5.41) is 15.3. The van der Waals surface area contributed by atoms with Crippen LogP contribution < -0.4 is 10.6 Å². The zero-order chi connectivity index (χ0) is 30.9. The van der Waals surface area contributed by atoms with Crippen molar-refractivity contribution in [1.29, 1.82) is 0 Å². The van der Waals surface area contributed by atoms with Crippen LogP contribution in [0.4, 0.5) is 0 Å². The van der Waals surface area contributed by atoms with Crippen LogP contribution in [0.25, 0.3) is 11.0 Å². The number of para-hydroxylation sites is 2. The van der Waals surface area contributed by atoms with Gasteiger partial charge in [-0.1, -0.05) is 74.0 Å². The largest absolute Gasteiger partial charge is 0.392 e. The van der Waals surface area contributed by atoms with Crippen LogP contribution >= 0.6 is 0 Å². The summed E-state index contributed by atoms with van der Waals surface area (Å²) in [5.74, 6) is 0.0417. The third-order valence-corrected chi connectivity index (χ3v) is 8.22. The molecular formula is C35H42N4O5. The third-order valence-electron chi connectivity index (χ3n) is 8.22. The lowest BCUT2D eigenvalue weighted by molar-refractivity contribution is -0.276. The predicted molar refractivity (Wildman–Crippen MR) is 168 cm³/mol. The fourth-order valence-electron chi connectivity index (χ4n) is 5.61.